The number of hydrogen-bond donors (Lipinski definition) is 2. The van der Waals surface area contributed by atoms with Crippen LogP contribution in [0.15, 0.2) is 0 Å². The third-order valence-corrected chi connectivity index (χ3v) is 2.60. The minimum atomic E-state index is -0.461. The molecule has 0 aromatic heterocycles. The molecule has 4 nitrogen and oxygen atoms in total. The van der Waals surface area contributed by atoms with Crippen LogP contribution >= 0.6 is 0 Å². The molecule has 2 N–H and O–H groups in total. The fourth-order valence-electron chi connectivity index (χ4n) is 1.90. The molecule has 0 heterocycles. The van der Waals surface area contributed by atoms with E-state index in [1.54, 1.807) is 0 Å². The lowest BCUT2D eigenvalue weighted by Gasteiger charge is -2.23. The molecule has 2 unspecified atom stereocenters. The summed E-state index contributed by atoms with van der Waals surface area (Å²) < 4.78 is 5.16. The molecular formula is C11H21NO3. The largest absolute Gasteiger partial charge is 0.444 e. The number of alkyl carbamates (subject to hydrolysis) is 1. The first-order chi connectivity index (χ1) is 6.92. The van der Waals surface area contributed by atoms with Crippen molar-refractivity contribution in [1.29, 1.82) is 0 Å². The summed E-state index contributed by atoms with van der Waals surface area (Å²) in [5, 5.41) is 11.9. The number of ether oxygens (including phenoxy) is 1. The van der Waals surface area contributed by atoms with E-state index in [1.807, 2.05) is 20.8 Å². The number of rotatable bonds is 2. The van der Waals surface area contributed by atoms with Crippen LogP contribution in [-0.2, 0) is 4.74 Å². The molecule has 0 bridgehead atoms. The molecule has 1 amide bonds. The standard InChI is InChI=1S/C11H21NO3/c1-11(2,3)15-10(14)12-9-6-4-5-8(9)7-13/h8-9,13H,4-7H2,1-3H3,(H,12,14). The van der Waals surface area contributed by atoms with Crippen LogP contribution in [0.2, 0.25) is 0 Å². The zero-order chi connectivity index (χ0) is 11.5. The van der Waals surface area contributed by atoms with E-state index in [1.165, 1.54) is 0 Å². The second-order valence-electron chi connectivity index (χ2n) is 5.13. The van der Waals surface area contributed by atoms with Crippen molar-refractivity contribution < 1.29 is 14.6 Å². The fourth-order valence-corrected chi connectivity index (χ4v) is 1.90. The predicted octanol–water partition coefficient (Wildman–Crippen LogP) is 1.67. The van der Waals surface area contributed by atoms with E-state index < -0.39 is 5.60 Å². The second kappa shape index (κ2) is 4.84. The van der Waals surface area contributed by atoms with Crippen molar-refractivity contribution >= 4 is 6.09 Å². The minimum absolute atomic E-state index is 0.0739. The van der Waals surface area contributed by atoms with Crippen LogP contribution in [0.4, 0.5) is 4.79 Å². The second-order valence-corrected chi connectivity index (χ2v) is 5.13. The van der Waals surface area contributed by atoms with Gasteiger partial charge in [0.1, 0.15) is 5.60 Å². The highest BCUT2D eigenvalue weighted by Gasteiger charge is 2.29. The number of amides is 1. The molecule has 1 rings (SSSR count). The Bertz CT molecular complexity index is 222. The Morgan fingerprint density at radius 2 is 2.13 bits per heavy atom. The van der Waals surface area contributed by atoms with Gasteiger partial charge in [-0.3, -0.25) is 0 Å². The molecule has 2 atom stereocenters. The van der Waals surface area contributed by atoms with Gasteiger partial charge in [-0.2, -0.15) is 0 Å². The lowest BCUT2D eigenvalue weighted by atomic mass is 10.1. The summed E-state index contributed by atoms with van der Waals surface area (Å²) in [6, 6.07) is 0.0739. The van der Waals surface area contributed by atoms with E-state index in [4.69, 9.17) is 9.84 Å². The molecule has 0 aromatic carbocycles. The molecule has 88 valence electrons. The van der Waals surface area contributed by atoms with Gasteiger partial charge in [0.15, 0.2) is 0 Å². The summed E-state index contributed by atoms with van der Waals surface area (Å²) in [7, 11) is 0. The molecule has 0 aromatic rings. The Morgan fingerprint density at radius 1 is 1.47 bits per heavy atom. The molecule has 1 aliphatic carbocycles. The van der Waals surface area contributed by atoms with E-state index >= 15 is 0 Å². The molecule has 0 radical (unpaired) electrons. The zero-order valence-corrected chi connectivity index (χ0v) is 9.75. The number of carbonyl (C=O) groups is 1. The van der Waals surface area contributed by atoms with Gasteiger partial charge in [-0.25, -0.2) is 4.79 Å². The van der Waals surface area contributed by atoms with Gasteiger partial charge in [0, 0.05) is 18.6 Å². The molecule has 1 fully saturated rings. The van der Waals surface area contributed by atoms with E-state index in [9.17, 15) is 4.79 Å². The molecule has 0 spiro atoms. The third kappa shape index (κ3) is 4.08. The Morgan fingerprint density at radius 3 is 2.67 bits per heavy atom. The highest BCUT2D eigenvalue weighted by Crippen LogP contribution is 2.25. The van der Waals surface area contributed by atoms with Gasteiger partial charge in [0.05, 0.1) is 0 Å². The van der Waals surface area contributed by atoms with Crippen molar-refractivity contribution in [2.45, 2.75) is 51.7 Å². The van der Waals surface area contributed by atoms with Gasteiger partial charge in [-0.1, -0.05) is 6.42 Å². The Balaban J connectivity index is 2.37. The summed E-state index contributed by atoms with van der Waals surface area (Å²) in [6.45, 7) is 5.65. The van der Waals surface area contributed by atoms with Crippen LogP contribution < -0.4 is 5.32 Å². The SMILES string of the molecule is CC(C)(C)OC(=O)NC1CCCC1CO. The summed E-state index contributed by atoms with van der Waals surface area (Å²) in [4.78, 5) is 11.5. The third-order valence-electron chi connectivity index (χ3n) is 2.60. The zero-order valence-electron chi connectivity index (χ0n) is 9.75. The topological polar surface area (TPSA) is 58.6 Å². The van der Waals surface area contributed by atoms with Crippen molar-refractivity contribution in [2.75, 3.05) is 6.61 Å². The van der Waals surface area contributed by atoms with Crippen LogP contribution in [0.25, 0.3) is 0 Å². The van der Waals surface area contributed by atoms with Crippen molar-refractivity contribution in [1.82, 2.24) is 5.32 Å². The van der Waals surface area contributed by atoms with Crippen LogP contribution in [0.3, 0.4) is 0 Å². The molecule has 1 aliphatic rings. The molecule has 1 saturated carbocycles. The normalized spacial score (nSPS) is 26.4. The maximum atomic E-state index is 11.5. The summed E-state index contributed by atoms with van der Waals surface area (Å²) in [5.41, 5.74) is -0.461. The van der Waals surface area contributed by atoms with E-state index in [2.05, 4.69) is 5.32 Å². The van der Waals surface area contributed by atoms with Gasteiger partial charge in [0.25, 0.3) is 0 Å². The van der Waals surface area contributed by atoms with Crippen LogP contribution in [0, 0.1) is 5.92 Å². The van der Waals surface area contributed by atoms with Crippen LogP contribution in [-0.4, -0.2) is 29.4 Å². The molecule has 0 aliphatic heterocycles. The Kier molecular flexibility index (Phi) is 3.97. The highest BCUT2D eigenvalue weighted by atomic mass is 16.6. The summed E-state index contributed by atoms with van der Waals surface area (Å²) >= 11 is 0. The smallest absolute Gasteiger partial charge is 0.407 e. The number of carbonyl (C=O) groups excluding carboxylic acids is 1. The highest BCUT2D eigenvalue weighted by molar-refractivity contribution is 5.68. The van der Waals surface area contributed by atoms with Crippen molar-refractivity contribution in [3.63, 3.8) is 0 Å². The van der Waals surface area contributed by atoms with Gasteiger partial charge in [-0.15, -0.1) is 0 Å². The predicted molar refractivity (Wildman–Crippen MR) is 57.6 cm³/mol. The molecular weight excluding hydrogens is 194 g/mol. The maximum absolute atomic E-state index is 11.5. The van der Waals surface area contributed by atoms with Crippen LogP contribution in [0.5, 0.6) is 0 Å². The van der Waals surface area contributed by atoms with Crippen molar-refractivity contribution in [3.8, 4) is 0 Å². The van der Waals surface area contributed by atoms with E-state index in [-0.39, 0.29) is 24.7 Å². The van der Waals surface area contributed by atoms with E-state index in [0.717, 1.165) is 19.3 Å². The minimum Gasteiger partial charge on any atom is -0.444 e. The number of nitrogens with one attached hydrogen (secondary N) is 1. The number of aliphatic hydroxyl groups excluding tert-OH is 1. The van der Waals surface area contributed by atoms with Crippen LogP contribution in [0.1, 0.15) is 40.0 Å². The Hall–Kier alpha value is -0.770. The monoisotopic (exact) mass is 215 g/mol. The molecule has 4 heteroatoms. The Labute approximate surface area is 91.0 Å². The first kappa shape index (κ1) is 12.3. The average Bonchev–Trinajstić information content (AvgIpc) is 2.48. The quantitative estimate of drug-likeness (QED) is 0.736. The van der Waals surface area contributed by atoms with Gasteiger partial charge in [-0.05, 0) is 33.6 Å². The lowest BCUT2D eigenvalue weighted by molar-refractivity contribution is 0.0483. The molecule has 15 heavy (non-hydrogen) atoms. The first-order valence-electron chi connectivity index (χ1n) is 5.53. The maximum Gasteiger partial charge on any atom is 0.407 e. The van der Waals surface area contributed by atoms with Gasteiger partial charge < -0.3 is 15.2 Å². The fraction of sp³-hybridized carbons (Fsp3) is 0.909. The first-order valence-corrected chi connectivity index (χ1v) is 5.53. The molecule has 0 saturated heterocycles. The van der Waals surface area contributed by atoms with Crippen molar-refractivity contribution in [3.05, 3.63) is 0 Å². The van der Waals surface area contributed by atoms with Gasteiger partial charge >= 0.3 is 6.09 Å². The van der Waals surface area contributed by atoms with Gasteiger partial charge in [0.2, 0.25) is 0 Å². The lowest BCUT2D eigenvalue weighted by Crippen LogP contribution is -2.41. The van der Waals surface area contributed by atoms with E-state index in [0.29, 0.717) is 0 Å². The number of aliphatic hydroxyl groups is 1. The average molecular weight is 215 g/mol. The summed E-state index contributed by atoms with van der Waals surface area (Å²) in [6.07, 6.45) is 2.60. The number of hydrogen-bond acceptors (Lipinski definition) is 3. The van der Waals surface area contributed by atoms with Crippen molar-refractivity contribution in [2.24, 2.45) is 5.92 Å². The summed E-state index contributed by atoms with van der Waals surface area (Å²) in [5.74, 6) is 0.192.